The van der Waals surface area contributed by atoms with Crippen molar-refractivity contribution in [2.24, 2.45) is 5.92 Å². The highest BCUT2D eigenvalue weighted by Crippen LogP contribution is 2.22. The summed E-state index contributed by atoms with van der Waals surface area (Å²) in [6.45, 7) is 9.53. The average Bonchev–Trinajstić information content (AvgIpc) is 2.47. The number of hydrogen-bond donors (Lipinski definition) is 1. The van der Waals surface area contributed by atoms with Crippen LogP contribution in [0.4, 0.5) is 4.39 Å². The van der Waals surface area contributed by atoms with Gasteiger partial charge in [0.1, 0.15) is 0 Å². The van der Waals surface area contributed by atoms with Crippen molar-refractivity contribution in [3.63, 3.8) is 0 Å². The molecule has 2 rings (SSSR count). The Morgan fingerprint density at radius 1 is 1.43 bits per heavy atom. The molecule has 0 bridgehead atoms. The van der Waals surface area contributed by atoms with Crippen molar-refractivity contribution < 1.29 is 9.13 Å². The van der Waals surface area contributed by atoms with Crippen LogP contribution < -0.4 is 10.1 Å². The maximum Gasteiger partial charge on any atom is 0.165 e. The molecule has 2 atom stereocenters. The van der Waals surface area contributed by atoms with Crippen molar-refractivity contribution in [2.45, 2.75) is 45.8 Å². The van der Waals surface area contributed by atoms with Crippen LogP contribution in [0.15, 0.2) is 18.2 Å². The quantitative estimate of drug-likeness (QED) is 0.903. The van der Waals surface area contributed by atoms with Crippen LogP contribution in [-0.4, -0.2) is 37.2 Å². The topological polar surface area (TPSA) is 24.5 Å². The summed E-state index contributed by atoms with van der Waals surface area (Å²) in [7, 11) is 1.50. The molecule has 0 radical (unpaired) electrons. The third-order valence-electron chi connectivity index (χ3n) is 4.40. The van der Waals surface area contributed by atoms with Crippen LogP contribution >= 0.6 is 0 Å². The summed E-state index contributed by atoms with van der Waals surface area (Å²) in [6.07, 6.45) is 1.12. The molecule has 1 saturated heterocycles. The Morgan fingerprint density at radius 2 is 2.19 bits per heavy atom. The number of piperazine rings is 1. The number of nitrogens with one attached hydrogen (secondary N) is 1. The van der Waals surface area contributed by atoms with Gasteiger partial charge >= 0.3 is 0 Å². The van der Waals surface area contributed by atoms with Gasteiger partial charge < -0.3 is 10.1 Å². The zero-order valence-corrected chi connectivity index (χ0v) is 13.5. The van der Waals surface area contributed by atoms with E-state index in [1.807, 2.05) is 6.07 Å². The highest BCUT2D eigenvalue weighted by molar-refractivity contribution is 5.29. The lowest BCUT2D eigenvalue weighted by atomic mass is 9.97. The molecule has 3 nitrogen and oxygen atoms in total. The van der Waals surface area contributed by atoms with Crippen molar-refractivity contribution in [2.75, 3.05) is 20.2 Å². The van der Waals surface area contributed by atoms with Gasteiger partial charge in [-0.3, -0.25) is 4.90 Å². The van der Waals surface area contributed by atoms with Gasteiger partial charge in [-0.05, 0) is 30.0 Å². The first-order chi connectivity index (χ1) is 10.0. The smallest absolute Gasteiger partial charge is 0.165 e. The van der Waals surface area contributed by atoms with E-state index in [9.17, 15) is 4.39 Å². The van der Waals surface area contributed by atoms with E-state index in [4.69, 9.17) is 4.74 Å². The van der Waals surface area contributed by atoms with Crippen LogP contribution in [0.5, 0.6) is 5.75 Å². The molecule has 21 heavy (non-hydrogen) atoms. The van der Waals surface area contributed by atoms with E-state index in [0.717, 1.165) is 31.6 Å². The summed E-state index contributed by atoms with van der Waals surface area (Å²) in [5, 5.41) is 3.61. The Bertz CT molecular complexity index is 464. The second kappa shape index (κ2) is 7.23. The Labute approximate surface area is 127 Å². The van der Waals surface area contributed by atoms with Crippen molar-refractivity contribution in [1.29, 1.82) is 0 Å². The minimum Gasteiger partial charge on any atom is -0.494 e. The lowest BCUT2D eigenvalue weighted by molar-refractivity contribution is 0.0899. The highest BCUT2D eigenvalue weighted by atomic mass is 19.1. The molecule has 2 unspecified atom stereocenters. The molecule has 0 amide bonds. The van der Waals surface area contributed by atoms with Gasteiger partial charge in [-0.15, -0.1) is 0 Å². The van der Waals surface area contributed by atoms with Gasteiger partial charge in [0.05, 0.1) is 7.11 Å². The van der Waals surface area contributed by atoms with Gasteiger partial charge in [0, 0.05) is 31.7 Å². The van der Waals surface area contributed by atoms with Crippen molar-refractivity contribution >= 4 is 0 Å². The SMILES string of the molecule is CCC1CN(Cc2ccc(OC)c(F)c2)C(C(C)C)CN1. The number of methoxy groups -OCH3 is 1. The Kier molecular flexibility index (Phi) is 5.59. The third kappa shape index (κ3) is 3.95. The van der Waals surface area contributed by atoms with Gasteiger partial charge in [-0.2, -0.15) is 0 Å². The summed E-state index contributed by atoms with van der Waals surface area (Å²) >= 11 is 0. The van der Waals surface area contributed by atoms with E-state index < -0.39 is 0 Å². The van der Waals surface area contributed by atoms with Crippen LogP contribution in [0.2, 0.25) is 0 Å². The molecule has 0 aromatic heterocycles. The van der Waals surface area contributed by atoms with Crippen LogP contribution in [0, 0.1) is 11.7 Å². The summed E-state index contributed by atoms with van der Waals surface area (Å²) in [4.78, 5) is 2.48. The molecule has 0 saturated carbocycles. The minimum absolute atomic E-state index is 0.279. The van der Waals surface area contributed by atoms with E-state index in [2.05, 4.69) is 31.0 Å². The molecule has 1 aliphatic rings. The second-order valence-electron chi connectivity index (χ2n) is 6.22. The number of ether oxygens (including phenoxy) is 1. The van der Waals surface area contributed by atoms with Crippen LogP contribution in [0.3, 0.4) is 0 Å². The lowest BCUT2D eigenvalue weighted by Gasteiger charge is -2.42. The van der Waals surface area contributed by atoms with Crippen molar-refractivity contribution in [3.05, 3.63) is 29.6 Å². The molecule has 0 spiro atoms. The molecule has 4 heteroatoms. The maximum absolute atomic E-state index is 13.8. The van der Waals surface area contributed by atoms with Gasteiger partial charge in [0.2, 0.25) is 0 Å². The predicted octanol–water partition coefficient (Wildman–Crippen LogP) is 3.04. The van der Waals surface area contributed by atoms with Gasteiger partial charge in [0.15, 0.2) is 11.6 Å². The molecule has 1 aliphatic heterocycles. The Balaban J connectivity index is 2.11. The second-order valence-corrected chi connectivity index (χ2v) is 6.22. The molecule has 1 fully saturated rings. The van der Waals surface area contributed by atoms with Gasteiger partial charge in [0.25, 0.3) is 0 Å². The fourth-order valence-electron chi connectivity index (χ4n) is 3.05. The summed E-state index contributed by atoms with van der Waals surface area (Å²) in [6, 6.07) is 6.30. The number of benzene rings is 1. The van der Waals surface area contributed by atoms with Gasteiger partial charge in [-0.1, -0.05) is 26.8 Å². The van der Waals surface area contributed by atoms with E-state index in [-0.39, 0.29) is 5.82 Å². The van der Waals surface area contributed by atoms with E-state index in [0.29, 0.717) is 23.8 Å². The standard InChI is InChI=1S/C17H27FN2O/c1-5-14-11-20(16(9-19-14)12(2)3)10-13-6-7-17(21-4)15(18)8-13/h6-8,12,14,16,19H,5,9-11H2,1-4H3. The molecule has 1 heterocycles. The first kappa shape index (κ1) is 16.2. The third-order valence-corrected chi connectivity index (χ3v) is 4.40. The first-order valence-electron chi connectivity index (χ1n) is 7.85. The predicted molar refractivity (Wildman–Crippen MR) is 84.1 cm³/mol. The zero-order chi connectivity index (χ0) is 15.4. The van der Waals surface area contributed by atoms with E-state index in [1.165, 1.54) is 7.11 Å². The minimum atomic E-state index is -0.279. The molecular weight excluding hydrogens is 267 g/mol. The van der Waals surface area contributed by atoms with E-state index in [1.54, 1.807) is 12.1 Å². The van der Waals surface area contributed by atoms with Crippen LogP contribution in [0.25, 0.3) is 0 Å². The van der Waals surface area contributed by atoms with Crippen LogP contribution in [0.1, 0.15) is 32.8 Å². The van der Waals surface area contributed by atoms with Crippen molar-refractivity contribution in [1.82, 2.24) is 10.2 Å². The molecule has 118 valence electrons. The average molecular weight is 294 g/mol. The number of nitrogens with zero attached hydrogens (tertiary/aromatic N) is 1. The first-order valence-corrected chi connectivity index (χ1v) is 7.85. The van der Waals surface area contributed by atoms with Crippen molar-refractivity contribution in [3.8, 4) is 5.75 Å². The summed E-state index contributed by atoms with van der Waals surface area (Å²) in [5.41, 5.74) is 1.01. The molecule has 1 aromatic carbocycles. The van der Waals surface area contributed by atoms with Crippen LogP contribution in [-0.2, 0) is 6.54 Å². The molecule has 1 N–H and O–H groups in total. The summed E-state index contributed by atoms with van der Waals surface area (Å²) in [5.74, 6) is 0.613. The Morgan fingerprint density at radius 3 is 2.76 bits per heavy atom. The fraction of sp³-hybridized carbons (Fsp3) is 0.647. The fourth-order valence-corrected chi connectivity index (χ4v) is 3.05. The monoisotopic (exact) mass is 294 g/mol. The Hall–Kier alpha value is -1.13. The zero-order valence-electron chi connectivity index (χ0n) is 13.5. The number of hydrogen-bond acceptors (Lipinski definition) is 3. The molecular formula is C17H27FN2O. The number of rotatable bonds is 5. The van der Waals surface area contributed by atoms with Gasteiger partial charge in [-0.25, -0.2) is 4.39 Å². The van der Waals surface area contributed by atoms with E-state index >= 15 is 0 Å². The largest absolute Gasteiger partial charge is 0.494 e. The molecule has 0 aliphatic carbocycles. The lowest BCUT2D eigenvalue weighted by Crippen LogP contribution is -2.57. The number of halogens is 1. The highest BCUT2D eigenvalue weighted by Gasteiger charge is 2.29. The molecule has 1 aromatic rings. The maximum atomic E-state index is 13.8. The summed E-state index contributed by atoms with van der Waals surface area (Å²) < 4.78 is 18.8. The normalized spacial score (nSPS) is 23.5.